The van der Waals surface area contributed by atoms with Gasteiger partial charge in [-0.1, -0.05) is 0 Å². The molecule has 1 aliphatic heterocycles. The van der Waals surface area contributed by atoms with E-state index in [0.29, 0.717) is 17.2 Å². The van der Waals surface area contributed by atoms with Crippen molar-refractivity contribution >= 4 is 17.6 Å². The average molecular weight is 361 g/mol. The number of ether oxygens (including phenoxy) is 3. The number of anilines is 1. The third-order valence-electron chi connectivity index (χ3n) is 3.74. The third-order valence-corrected chi connectivity index (χ3v) is 3.74. The lowest BCUT2D eigenvalue weighted by molar-refractivity contribution is -0.138. The van der Waals surface area contributed by atoms with Gasteiger partial charge in [0.05, 0.1) is 7.11 Å². The number of hydrogen-bond acceptors (Lipinski definition) is 8. The van der Waals surface area contributed by atoms with Crippen LogP contribution in [0.1, 0.15) is 10.4 Å². The number of esters is 1. The lowest BCUT2D eigenvalue weighted by atomic mass is 10.1. The maximum Gasteiger partial charge on any atom is 0.325 e. The SMILES string of the molecule is COC(=O)CN(C(=O)c1cc(O)c(O)c(O)c1)c1ccc2c(c1)OCO2. The van der Waals surface area contributed by atoms with E-state index in [1.54, 1.807) is 12.1 Å². The number of phenolic OH excluding ortho intramolecular Hbond substituents is 3. The summed E-state index contributed by atoms with van der Waals surface area (Å²) in [6.07, 6.45) is 0. The molecule has 3 N–H and O–H groups in total. The van der Waals surface area contributed by atoms with Gasteiger partial charge in [-0.15, -0.1) is 0 Å². The molecule has 9 heteroatoms. The number of carbonyl (C=O) groups excluding carboxylic acids is 2. The summed E-state index contributed by atoms with van der Waals surface area (Å²) in [6, 6.07) is 6.61. The van der Waals surface area contributed by atoms with Crippen LogP contribution in [-0.4, -0.2) is 47.6 Å². The number of aromatic hydroxyl groups is 3. The van der Waals surface area contributed by atoms with Crippen molar-refractivity contribution in [3.8, 4) is 28.7 Å². The van der Waals surface area contributed by atoms with E-state index in [-0.39, 0.29) is 12.4 Å². The Kier molecular flexibility index (Phi) is 4.44. The molecule has 0 radical (unpaired) electrons. The Morgan fingerprint density at radius 3 is 2.38 bits per heavy atom. The summed E-state index contributed by atoms with van der Waals surface area (Å²) in [4.78, 5) is 25.7. The molecule has 0 spiro atoms. The van der Waals surface area contributed by atoms with E-state index < -0.39 is 35.7 Å². The Labute approximate surface area is 147 Å². The first kappa shape index (κ1) is 17.2. The van der Waals surface area contributed by atoms with Gasteiger partial charge in [-0.05, 0) is 24.3 Å². The quantitative estimate of drug-likeness (QED) is 0.550. The summed E-state index contributed by atoms with van der Waals surface area (Å²) in [6.45, 7) is -0.374. The molecule has 0 aliphatic carbocycles. The molecule has 0 bridgehead atoms. The van der Waals surface area contributed by atoms with Crippen LogP contribution >= 0.6 is 0 Å². The minimum absolute atomic E-state index is 0.0451. The van der Waals surface area contributed by atoms with E-state index in [0.717, 1.165) is 17.0 Å². The molecule has 9 nitrogen and oxygen atoms in total. The van der Waals surface area contributed by atoms with Crippen molar-refractivity contribution in [3.63, 3.8) is 0 Å². The van der Waals surface area contributed by atoms with Gasteiger partial charge in [0.2, 0.25) is 6.79 Å². The Morgan fingerprint density at radius 1 is 1.08 bits per heavy atom. The molecule has 2 aromatic carbocycles. The van der Waals surface area contributed by atoms with Gasteiger partial charge in [0.1, 0.15) is 6.54 Å². The van der Waals surface area contributed by atoms with Crippen LogP contribution in [0.5, 0.6) is 28.7 Å². The van der Waals surface area contributed by atoms with E-state index in [9.17, 15) is 24.9 Å². The van der Waals surface area contributed by atoms with Crippen molar-refractivity contribution in [2.24, 2.45) is 0 Å². The summed E-state index contributed by atoms with van der Waals surface area (Å²) < 4.78 is 15.1. The largest absolute Gasteiger partial charge is 0.504 e. The topological polar surface area (TPSA) is 126 Å². The Bertz CT molecular complexity index is 856. The van der Waals surface area contributed by atoms with Gasteiger partial charge in [-0.3, -0.25) is 14.5 Å². The fraction of sp³-hybridized carbons (Fsp3) is 0.176. The smallest absolute Gasteiger partial charge is 0.325 e. The Hall–Kier alpha value is -3.62. The molecular weight excluding hydrogens is 346 g/mol. The van der Waals surface area contributed by atoms with Crippen LogP contribution in [0.15, 0.2) is 30.3 Å². The summed E-state index contributed by atoms with van der Waals surface area (Å²) in [5.74, 6) is -2.57. The highest BCUT2D eigenvalue weighted by atomic mass is 16.7. The molecule has 1 heterocycles. The van der Waals surface area contributed by atoms with Crippen LogP contribution in [0.3, 0.4) is 0 Å². The first-order chi connectivity index (χ1) is 12.4. The molecule has 1 aliphatic rings. The van der Waals surface area contributed by atoms with Crippen LogP contribution in [-0.2, 0) is 9.53 Å². The molecule has 0 unspecified atom stereocenters. The highest BCUT2D eigenvalue weighted by Gasteiger charge is 2.25. The van der Waals surface area contributed by atoms with Crippen molar-refractivity contribution in [1.29, 1.82) is 0 Å². The highest BCUT2D eigenvalue weighted by molar-refractivity contribution is 6.09. The number of carbonyl (C=O) groups is 2. The van der Waals surface area contributed by atoms with Crippen LogP contribution in [0, 0.1) is 0 Å². The van der Waals surface area contributed by atoms with E-state index in [2.05, 4.69) is 4.74 Å². The average Bonchev–Trinajstić information content (AvgIpc) is 3.10. The zero-order chi connectivity index (χ0) is 18.8. The molecule has 3 rings (SSSR count). The first-order valence-electron chi connectivity index (χ1n) is 7.44. The Balaban J connectivity index is 2.01. The molecular formula is C17H15NO8. The number of rotatable bonds is 4. The van der Waals surface area contributed by atoms with Crippen molar-refractivity contribution < 1.29 is 39.1 Å². The van der Waals surface area contributed by atoms with Crippen LogP contribution in [0.25, 0.3) is 0 Å². The zero-order valence-electron chi connectivity index (χ0n) is 13.6. The molecule has 1 amide bonds. The second kappa shape index (κ2) is 6.71. The van der Waals surface area contributed by atoms with E-state index in [4.69, 9.17) is 9.47 Å². The standard InChI is InChI=1S/C17H15NO8/c1-24-15(21)7-18(10-2-3-13-14(6-10)26-8-25-13)17(23)9-4-11(19)16(22)12(20)5-9/h2-6,19-20,22H,7-8H2,1H3. The molecule has 0 saturated heterocycles. The van der Waals surface area contributed by atoms with Gasteiger partial charge < -0.3 is 29.5 Å². The molecule has 2 aromatic rings. The minimum Gasteiger partial charge on any atom is -0.504 e. The van der Waals surface area contributed by atoms with Crippen molar-refractivity contribution in [2.75, 3.05) is 25.3 Å². The number of methoxy groups -OCH3 is 1. The number of amides is 1. The van der Waals surface area contributed by atoms with Gasteiger partial charge >= 0.3 is 5.97 Å². The minimum atomic E-state index is -0.746. The molecule has 26 heavy (non-hydrogen) atoms. The van der Waals surface area contributed by atoms with Gasteiger partial charge in [0.25, 0.3) is 5.91 Å². The predicted octanol–water partition coefficient (Wildman–Crippen LogP) is 1.35. The molecule has 136 valence electrons. The van der Waals surface area contributed by atoms with Gasteiger partial charge in [0, 0.05) is 17.3 Å². The molecule has 0 aromatic heterocycles. The third kappa shape index (κ3) is 3.14. The van der Waals surface area contributed by atoms with Crippen molar-refractivity contribution in [3.05, 3.63) is 35.9 Å². The summed E-state index contributed by atoms with van der Waals surface area (Å²) in [7, 11) is 1.18. The number of hydrogen-bond donors (Lipinski definition) is 3. The second-order valence-electron chi connectivity index (χ2n) is 5.37. The fourth-order valence-electron chi connectivity index (χ4n) is 2.41. The van der Waals surface area contributed by atoms with Crippen LogP contribution in [0.4, 0.5) is 5.69 Å². The zero-order valence-corrected chi connectivity index (χ0v) is 13.6. The van der Waals surface area contributed by atoms with Crippen LogP contribution < -0.4 is 14.4 Å². The Morgan fingerprint density at radius 2 is 1.73 bits per heavy atom. The first-order valence-corrected chi connectivity index (χ1v) is 7.44. The van der Waals surface area contributed by atoms with Crippen LogP contribution in [0.2, 0.25) is 0 Å². The van der Waals surface area contributed by atoms with E-state index in [1.165, 1.54) is 13.2 Å². The predicted molar refractivity (Wildman–Crippen MR) is 87.7 cm³/mol. The number of benzene rings is 2. The van der Waals surface area contributed by atoms with Gasteiger partial charge in [0.15, 0.2) is 28.7 Å². The summed E-state index contributed by atoms with van der Waals surface area (Å²) in [5.41, 5.74) is 0.177. The van der Waals surface area contributed by atoms with Gasteiger partial charge in [-0.2, -0.15) is 0 Å². The molecule has 0 atom stereocenters. The van der Waals surface area contributed by atoms with E-state index in [1.807, 2.05) is 0 Å². The molecule has 0 fully saturated rings. The number of nitrogens with zero attached hydrogens (tertiary/aromatic N) is 1. The molecule has 0 saturated carbocycles. The van der Waals surface area contributed by atoms with Gasteiger partial charge in [-0.25, -0.2) is 0 Å². The van der Waals surface area contributed by atoms with E-state index >= 15 is 0 Å². The summed E-state index contributed by atoms with van der Waals surface area (Å²) in [5, 5.41) is 28.7. The fourth-order valence-corrected chi connectivity index (χ4v) is 2.41. The summed E-state index contributed by atoms with van der Waals surface area (Å²) >= 11 is 0. The normalized spacial score (nSPS) is 11.9. The monoisotopic (exact) mass is 361 g/mol. The highest BCUT2D eigenvalue weighted by Crippen LogP contribution is 2.38. The maximum absolute atomic E-state index is 12.9. The van der Waals surface area contributed by atoms with Crippen molar-refractivity contribution in [2.45, 2.75) is 0 Å². The van der Waals surface area contributed by atoms with Crippen molar-refractivity contribution in [1.82, 2.24) is 0 Å². The number of fused-ring (bicyclic) bond motifs is 1. The second-order valence-corrected chi connectivity index (χ2v) is 5.37. The number of phenols is 3. The maximum atomic E-state index is 12.9. The lowest BCUT2D eigenvalue weighted by Crippen LogP contribution is -2.36. The lowest BCUT2D eigenvalue weighted by Gasteiger charge is -2.22.